The molecule has 7 heteroatoms. The van der Waals surface area contributed by atoms with E-state index in [0.29, 0.717) is 29.6 Å². The molecule has 0 fully saturated rings. The molecule has 0 saturated heterocycles. The van der Waals surface area contributed by atoms with Crippen LogP contribution in [0.15, 0.2) is 28.8 Å². The fourth-order valence-electron chi connectivity index (χ4n) is 2.17. The maximum atomic E-state index is 11.4. The van der Waals surface area contributed by atoms with Crippen LogP contribution in [0, 0.1) is 5.92 Å². The lowest BCUT2D eigenvalue weighted by atomic mass is 10.1. The Bertz CT molecular complexity index is 681. The molecule has 0 aliphatic heterocycles. The fraction of sp³-hybridized carbons (Fsp3) is 0.412. The van der Waals surface area contributed by atoms with E-state index in [1.54, 1.807) is 33.3 Å². The van der Waals surface area contributed by atoms with Gasteiger partial charge in [0, 0.05) is 24.1 Å². The van der Waals surface area contributed by atoms with Gasteiger partial charge in [0.15, 0.2) is 0 Å². The van der Waals surface area contributed by atoms with E-state index in [1.807, 2.05) is 12.1 Å². The summed E-state index contributed by atoms with van der Waals surface area (Å²) in [7, 11) is 4.54. The average Bonchev–Trinajstić information content (AvgIpc) is 3.06. The highest BCUT2D eigenvalue weighted by atomic mass is 16.5. The van der Waals surface area contributed by atoms with Crippen molar-refractivity contribution in [1.29, 1.82) is 0 Å². The first-order chi connectivity index (χ1) is 11.6. The molecule has 0 bridgehead atoms. The van der Waals surface area contributed by atoms with Crippen molar-refractivity contribution in [3.8, 4) is 17.4 Å². The van der Waals surface area contributed by atoms with Crippen molar-refractivity contribution in [3.05, 3.63) is 35.6 Å². The predicted octanol–water partition coefficient (Wildman–Crippen LogP) is 2.62. The van der Waals surface area contributed by atoms with Crippen molar-refractivity contribution in [1.82, 2.24) is 5.16 Å². The van der Waals surface area contributed by atoms with Crippen LogP contribution in [0.3, 0.4) is 0 Å². The summed E-state index contributed by atoms with van der Waals surface area (Å²) in [4.78, 5) is 11.4. The van der Waals surface area contributed by atoms with Crippen molar-refractivity contribution < 1.29 is 28.3 Å². The van der Waals surface area contributed by atoms with Crippen LogP contribution < -0.4 is 14.2 Å². The Kier molecular flexibility index (Phi) is 6.06. The van der Waals surface area contributed by atoms with E-state index in [-0.39, 0.29) is 18.5 Å². The van der Waals surface area contributed by atoms with Gasteiger partial charge >= 0.3 is 5.97 Å². The lowest BCUT2D eigenvalue weighted by molar-refractivity contribution is -0.144. The highest BCUT2D eigenvalue weighted by Crippen LogP contribution is 2.26. The predicted molar refractivity (Wildman–Crippen MR) is 85.3 cm³/mol. The van der Waals surface area contributed by atoms with E-state index < -0.39 is 0 Å². The number of esters is 1. The van der Waals surface area contributed by atoms with Crippen LogP contribution >= 0.6 is 0 Å². The summed E-state index contributed by atoms with van der Waals surface area (Å²) in [6, 6.07) is 7.13. The van der Waals surface area contributed by atoms with Crippen molar-refractivity contribution in [3.63, 3.8) is 0 Å². The number of hydrogen-bond acceptors (Lipinski definition) is 7. The second-order valence-corrected chi connectivity index (χ2v) is 5.23. The average molecular weight is 335 g/mol. The zero-order chi connectivity index (χ0) is 17.5. The third-order valence-electron chi connectivity index (χ3n) is 3.52. The molecule has 1 atom stereocenters. The summed E-state index contributed by atoms with van der Waals surface area (Å²) in [5.74, 6) is 1.67. The summed E-state index contributed by atoms with van der Waals surface area (Å²) >= 11 is 0. The van der Waals surface area contributed by atoms with Crippen LogP contribution in [0.1, 0.15) is 18.2 Å². The van der Waals surface area contributed by atoms with Crippen molar-refractivity contribution in [2.75, 3.05) is 21.3 Å². The van der Waals surface area contributed by atoms with Crippen LogP contribution in [0.2, 0.25) is 0 Å². The van der Waals surface area contributed by atoms with Gasteiger partial charge in [-0.15, -0.1) is 0 Å². The Labute approximate surface area is 140 Å². The maximum Gasteiger partial charge on any atom is 0.308 e. The van der Waals surface area contributed by atoms with Crippen LogP contribution in [-0.2, 0) is 22.6 Å². The Morgan fingerprint density at radius 2 is 2.00 bits per heavy atom. The third kappa shape index (κ3) is 4.41. The molecule has 1 aromatic carbocycles. The Morgan fingerprint density at radius 1 is 1.21 bits per heavy atom. The smallest absolute Gasteiger partial charge is 0.308 e. The van der Waals surface area contributed by atoms with E-state index in [4.69, 9.17) is 18.7 Å². The van der Waals surface area contributed by atoms with E-state index in [0.717, 1.165) is 5.56 Å². The minimum absolute atomic E-state index is 0.270. The van der Waals surface area contributed by atoms with Gasteiger partial charge in [-0.25, -0.2) is 0 Å². The van der Waals surface area contributed by atoms with Gasteiger partial charge in [0.2, 0.25) is 0 Å². The van der Waals surface area contributed by atoms with Crippen molar-refractivity contribution in [2.24, 2.45) is 5.92 Å². The van der Waals surface area contributed by atoms with E-state index in [1.165, 1.54) is 7.11 Å². The lowest BCUT2D eigenvalue weighted by Gasteiger charge is -2.10. The summed E-state index contributed by atoms with van der Waals surface area (Å²) in [5, 5.41) is 3.84. The standard InChI is InChI=1S/C17H21NO6/c1-11(17(19)22-4)7-14-9-16(18-24-14)23-10-12-5-6-13(20-2)8-15(12)21-3/h5-6,8-9,11H,7,10H2,1-4H3/t11-/m0/s1. The number of aromatic nitrogens is 1. The van der Waals surface area contributed by atoms with E-state index >= 15 is 0 Å². The minimum Gasteiger partial charge on any atom is -0.497 e. The Hall–Kier alpha value is -2.70. The lowest BCUT2D eigenvalue weighted by Crippen LogP contribution is -2.14. The molecular formula is C17H21NO6. The number of hydrogen-bond donors (Lipinski definition) is 0. The molecule has 0 N–H and O–H groups in total. The summed E-state index contributed by atoms with van der Waals surface area (Å²) in [6.07, 6.45) is 0.398. The number of methoxy groups -OCH3 is 3. The molecule has 130 valence electrons. The topological polar surface area (TPSA) is 80.0 Å². The van der Waals surface area contributed by atoms with Crippen molar-refractivity contribution >= 4 is 5.97 Å². The van der Waals surface area contributed by atoms with Crippen molar-refractivity contribution in [2.45, 2.75) is 20.0 Å². The number of carbonyl (C=O) groups excluding carboxylic acids is 1. The van der Waals surface area contributed by atoms with Crippen LogP contribution in [0.5, 0.6) is 17.4 Å². The first-order valence-corrected chi connectivity index (χ1v) is 7.44. The van der Waals surface area contributed by atoms with Gasteiger partial charge in [-0.3, -0.25) is 4.79 Å². The quantitative estimate of drug-likeness (QED) is 0.686. The number of ether oxygens (including phenoxy) is 4. The van der Waals surface area contributed by atoms with Gasteiger partial charge in [-0.2, -0.15) is 0 Å². The van der Waals surface area contributed by atoms with Gasteiger partial charge < -0.3 is 23.5 Å². The SMILES string of the molecule is COC(=O)[C@@H](C)Cc1cc(OCc2ccc(OC)cc2OC)no1. The highest BCUT2D eigenvalue weighted by molar-refractivity contribution is 5.72. The van der Waals surface area contributed by atoms with E-state index in [9.17, 15) is 4.79 Å². The molecule has 0 unspecified atom stereocenters. The zero-order valence-electron chi connectivity index (χ0n) is 14.2. The summed E-state index contributed by atoms with van der Waals surface area (Å²) in [5.41, 5.74) is 0.853. The van der Waals surface area contributed by atoms with Gasteiger partial charge in [-0.05, 0) is 17.3 Å². The van der Waals surface area contributed by atoms with Gasteiger partial charge in [0.05, 0.1) is 27.2 Å². The van der Waals surface area contributed by atoms with Gasteiger partial charge in [-0.1, -0.05) is 6.92 Å². The van der Waals surface area contributed by atoms with Gasteiger partial charge in [0.25, 0.3) is 5.88 Å². The molecule has 2 rings (SSSR count). The number of rotatable bonds is 8. The Balaban J connectivity index is 1.97. The molecule has 0 aliphatic carbocycles. The molecule has 7 nitrogen and oxygen atoms in total. The number of carbonyl (C=O) groups is 1. The second kappa shape index (κ2) is 8.24. The van der Waals surface area contributed by atoms with Crippen LogP contribution in [-0.4, -0.2) is 32.5 Å². The molecule has 0 saturated carbocycles. The molecule has 0 amide bonds. The molecular weight excluding hydrogens is 314 g/mol. The number of nitrogens with zero attached hydrogens (tertiary/aromatic N) is 1. The van der Waals surface area contributed by atoms with Crippen LogP contribution in [0.25, 0.3) is 0 Å². The molecule has 24 heavy (non-hydrogen) atoms. The Morgan fingerprint density at radius 3 is 2.67 bits per heavy atom. The number of benzene rings is 1. The molecule has 0 radical (unpaired) electrons. The zero-order valence-corrected chi connectivity index (χ0v) is 14.2. The first-order valence-electron chi connectivity index (χ1n) is 7.44. The minimum atomic E-state index is -0.308. The largest absolute Gasteiger partial charge is 0.497 e. The van der Waals surface area contributed by atoms with E-state index in [2.05, 4.69) is 9.89 Å². The maximum absolute atomic E-state index is 11.4. The van der Waals surface area contributed by atoms with Crippen LogP contribution in [0.4, 0.5) is 0 Å². The van der Waals surface area contributed by atoms with Gasteiger partial charge in [0.1, 0.15) is 23.9 Å². The molecule has 1 heterocycles. The molecule has 0 spiro atoms. The molecule has 0 aliphatic rings. The normalized spacial score (nSPS) is 11.7. The molecule has 1 aromatic heterocycles. The fourth-order valence-corrected chi connectivity index (χ4v) is 2.17. The summed E-state index contributed by atoms with van der Waals surface area (Å²) in [6.45, 7) is 2.03. The first kappa shape index (κ1) is 17.7. The highest BCUT2D eigenvalue weighted by Gasteiger charge is 2.17. The molecule has 2 aromatic rings. The third-order valence-corrected chi connectivity index (χ3v) is 3.52. The summed E-state index contributed by atoms with van der Waals surface area (Å²) < 4.78 is 26.0. The monoisotopic (exact) mass is 335 g/mol. The second-order valence-electron chi connectivity index (χ2n) is 5.23.